The Morgan fingerprint density at radius 2 is 1.93 bits per heavy atom. The van der Waals surface area contributed by atoms with Crippen molar-refractivity contribution in [1.82, 2.24) is 10.2 Å². The van der Waals surface area contributed by atoms with Gasteiger partial charge in [0, 0.05) is 18.6 Å². The van der Waals surface area contributed by atoms with Crippen LogP contribution in [0.25, 0.3) is 0 Å². The summed E-state index contributed by atoms with van der Waals surface area (Å²) in [6.07, 6.45) is 7.05. The summed E-state index contributed by atoms with van der Waals surface area (Å²) in [5.74, 6) is 0. The maximum Gasteiger partial charge on any atom is 0.0246 e. The summed E-state index contributed by atoms with van der Waals surface area (Å²) in [5, 5.41) is 3.66. The summed E-state index contributed by atoms with van der Waals surface area (Å²) < 4.78 is 0. The molecule has 0 bridgehead atoms. The molecule has 1 heterocycles. The second kappa shape index (κ2) is 4.42. The normalized spacial score (nSPS) is 31.6. The number of rotatable bonds is 3. The Morgan fingerprint density at radius 1 is 1.27 bits per heavy atom. The van der Waals surface area contributed by atoms with E-state index in [0.29, 0.717) is 11.5 Å². The zero-order valence-corrected chi connectivity index (χ0v) is 10.6. The van der Waals surface area contributed by atoms with E-state index in [9.17, 15) is 0 Å². The molecule has 0 aromatic carbocycles. The first-order valence-electron chi connectivity index (χ1n) is 6.53. The average Bonchev–Trinajstić information content (AvgIpc) is 2.76. The van der Waals surface area contributed by atoms with E-state index in [0.717, 1.165) is 6.04 Å². The Labute approximate surface area is 94.4 Å². The molecule has 0 spiro atoms. The quantitative estimate of drug-likeness (QED) is 0.768. The van der Waals surface area contributed by atoms with Gasteiger partial charge < -0.3 is 10.2 Å². The molecule has 0 aromatic heterocycles. The van der Waals surface area contributed by atoms with Gasteiger partial charge in [0.05, 0.1) is 0 Å². The van der Waals surface area contributed by atoms with Crippen LogP contribution in [0.1, 0.15) is 46.0 Å². The van der Waals surface area contributed by atoms with Crippen molar-refractivity contribution in [2.75, 3.05) is 20.1 Å². The van der Waals surface area contributed by atoms with Gasteiger partial charge in [-0.3, -0.25) is 0 Å². The molecule has 2 fully saturated rings. The zero-order chi connectivity index (χ0) is 10.9. The molecule has 2 rings (SSSR count). The van der Waals surface area contributed by atoms with E-state index >= 15 is 0 Å². The zero-order valence-electron chi connectivity index (χ0n) is 10.6. The van der Waals surface area contributed by atoms with Crippen LogP contribution in [0.2, 0.25) is 0 Å². The van der Waals surface area contributed by atoms with Crippen molar-refractivity contribution in [2.24, 2.45) is 5.41 Å². The molecule has 88 valence electrons. The minimum Gasteiger partial charge on any atom is -0.312 e. The van der Waals surface area contributed by atoms with Gasteiger partial charge in [0.1, 0.15) is 0 Å². The van der Waals surface area contributed by atoms with Crippen molar-refractivity contribution in [3.8, 4) is 0 Å². The van der Waals surface area contributed by atoms with E-state index in [-0.39, 0.29) is 0 Å². The molecular formula is C13H26N2. The average molecular weight is 210 g/mol. The smallest absolute Gasteiger partial charge is 0.0246 e. The first kappa shape index (κ1) is 11.4. The van der Waals surface area contributed by atoms with Crippen molar-refractivity contribution in [3.05, 3.63) is 0 Å². The molecular weight excluding hydrogens is 184 g/mol. The third-order valence-electron chi connectivity index (χ3n) is 4.52. The van der Waals surface area contributed by atoms with Gasteiger partial charge in [-0.1, -0.05) is 26.7 Å². The lowest BCUT2D eigenvalue weighted by Crippen LogP contribution is -2.45. The van der Waals surface area contributed by atoms with Gasteiger partial charge >= 0.3 is 0 Å². The van der Waals surface area contributed by atoms with Crippen molar-refractivity contribution < 1.29 is 0 Å². The lowest BCUT2D eigenvalue weighted by Gasteiger charge is -2.33. The minimum absolute atomic E-state index is 0.493. The first-order valence-corrected chi connectivity index (χ1v) is 6.53. The van der Waals surface area contributed by atoms with Crippen LogP contribution < -0.4 is 5.32 Å². The molecule has 1 unspecified atom stereocenters. The van der Waals surface area contributed by atoms with Gasteiger partial charge in [0.25, 0.3) is 0 Å². The fourth-order valence-electron chi connectivity index (χ4n) is 3.11. The largest absolute Gasteiger partial charge is 0.312 e. The highest BCUT2D eigenvalue weighted by Gasteiger charge is 2.35. The molecule has 0 amide bonds. The van der Waals surface area contributed by atoms with E-state index < -0.39 is 0 Å². The summed E-state index contributed by atoms with van der Waals surface area (Å²) in [5.41, 5.74) is 0.493. The Balaban J connectivity index is 1.85. The van der Waals surface area contributed by atoms with E-state index in [2.05, 4.69) is 31.1 Å². The molecule has 1 aliphatic heterocycles. The summed E-state index contributed by atoms with van der Waals surface area (Å²) >= 11 is 0. The van der Waals surface area contributed by atoms with Crippen LogP contribution in [0, 0.1) is 5.41 Å². The lowest BCUT2D eigenvalue weighted by molar-refractivity contribution is 0.180. The maximum absolute atomic E-state index is 3.66. The Hall–Kier alpha value is -0.0800. The van der Waals surface area contributed by atoms with Crippen LogP contribution in [-0.2, 0) is 0 Å². The lowest BCUT2D eigenvalue weighted by atomic mass is 9.84. The summed E-state index contributed by atoms with van der Waals surface area (Å²) in [6.45, 7) is 7.24. The first-order chi connectivity index (χ1) is 7.09. The van der Waals surface area contributed by atoms with Crippen LogP contribution >= 0.6 is 0 Å². The van der Waals surface area contributed by atoms with Crippen molar-refractivity contribution in [2.45, 2.75) is 58.0 Å². The van der Waals surface area contributed by atoms with E-state index in [1.807, 2.05) is 0 Å². The van der Waals surface area contributed by atoms with Gasteiger partial charge in [-0.2, -0.15) is 0 Å². The second-order valence-corrected chi connectivity index (χ2v) is 6.12. The molecule has 0 radical (unpaired) electrons. The number of hydrogen-bond donors (Lipinski definition) is 1. The third kappa shape index (κ3) is 2.54. The number of hydrogen-bond acceptors (Lipinski definition) is 2. The predicted molar refractivity (Wildman–Crippen MR) is 65.1 cm³/mol. The van der Waals surface area contributed by atoms with Gasteiger partial charge in [-0.25, -0.2) is 0 Å². The van der Waals surface area contributed by atoms with Crippen molar-refractivity contribution in [3.63, 3.8) is 0 Å². The van der Waals surface area contributed by atoms with E-state index in [1.54, 1.807) is 0 Å². The summed E-state index contributed by atoms with van der Waals surface area (Å²) in [4.78, 5) is 2.59. The van der Waals surface area contributed by atoms with Crippen molar-refractivity contribution in [1.29, 1.82) is 0 Å². The Morgan fingerprint density at radius 3 is 2.47 bits per heavy atom. The summed E-state index contributed by atoms with van der Waals surface area (Å²) in [6, 6.07) is 1.56. The predicted octanol–water partition coefficient (Wildman–Crippen LogP) is 2.25. The minimum atomic E-state index is 0.493. The van der Waals surface area contributed by atoms with Gasteiger partial charge in [0.2, 0.25) is 0 Å². The fourth-order valence-corrected chi connectivity index (χ4v) is 3.11. The SMILES string of the molecule is CN(CC1NCCC1(C)C)C1CCCC1. The van der Waals surface area contributed by atoms with Crippen LogP contribution in [-0.4, -0.2) is 37.1 Å². The van der Waals surface area contributed by atoms with Crippen LogP contribution in [0.3, 0.4) is 0 Å². The van der Waals surface area contributed by atoms with Crippen molar-refractivity contribution >= 4 is 0 Å². The molecule has 1 saturated heterocycles. The second-order valence-electron chi connectivity index (χ2n) is 6.12. The molecule has 2 nitrogen and oxygen atoms in total. The fraction of sp³-hybridized carbons (Fsp3) is 1.00. The van der Waals surface area contributed by atoms with Crippen LogP contribution in [0.5, 0.6) is 0 Å². The van der Waals surface area contributed by atoms with Crippen LogP contribution in [0.4, 0.5) is 0 Å². The van der Waals surface area contributed by atoms with Gasteiger partial charge in [-0.15, -0.1) is 0 Å². The summed E-state index contributed by atoms with van der Waals surface area (Å²) in [7, 11) is 2.31. The molecule has 1 N–H and O–H groups in total. The molecule has 1 aliphatic carbocycles. The monoisotopic (exact) mass is 210 g/mol. The van der Waals surface area contributed by atoms with Gasteiger partial charge in [0.15, 0.2) is 0 Å². The van der Waals surface area contributed by atoms with E-state index in [4.69, 9.17) is 0 Å². The Bertz CT molecular complexity index is 207. The molecule has 0 aromatic rings. The highest BCUT2D eigenvalue weighted by molar-refractivity contribution is 4.93. The van der Waals surface area contributed by atoms with Gasteiger partial charge in [-0.05, 0) is 38.3 Å². The third-order valence-corrected chi connectivity index (χ3v) is 4.52. The topological polar surface area (TPSA) is 15.3 Å². The van der Waals surface area contributed by atoms with Crippen LogP contribution in [0.15, 0.2) is 0 Å². The molecule has 15 heavy (non-hydrogen) atoms. The van der Waals surface area contributed by atoms with E-state index in [1.165, 1.54) is 45.2 Å². The molecule has 1 atom stereocenters. The molecule has 2 aliphatic rings. The number of nitrogens with one attached hydrogen (secondary N) is 1. The highest BCUT2D eigenvalue weighted by Crippen LogP contribution is 2.31. The molecule has 2 heteroatoms. The standard InChI is InChI=1S/C13H26N2/c1-13(2)8-9-14-12(13)10-15(3)11-6-4-5-7-11/h11-12,14H,4-10H2,1-3H3. The number of nitrogens with zero attached hydrogens (tertiary/aromatic N) is 1. The number of likely N-dealkylation sites (N-methyl/N-ethyl adjacent to an activating group) is 1. The Kier molecular flexibility index (Phi) is 3.36. The molecule has 1 saturated carbocycles. The maximum atomic E-state index is 3.66. The highest BCUT2D eigenvalue weighted by atomic mass is 15.2.